The lowest BCUT2D eigenvalue weighted by Gasteiger charge is -2.28. The Hall–Kier alpha value is -4.67. The molecule has 10 nitrogen and oxygen atoms in total. The molecule has 2 fully saturated rings. The Kier molecular flexibility index (Phi) is 6.80. The van der Waals surface area contributed by atoms with Gasteiger partial charge in [0.25, 0.3) is 5.56 Å². The zero-order valence-electron chi connectivity index (χ0n) is 24.8. The van der Waals surface area contributed by atoms with Crippen molar-refractivity contribution in [1.29, 1.82) is 0 Å². The Labute approximate surface area is 254 Å². The smallest absolute Gasteiger partial charge is 0.280 e. The highest BCUT2D eigenvalue weighted by Crippen LogP contribution is 2.28. The van der Waals surface area contributed by atoms with E-state index in [2.05, 4.69) is 62.4 Å². The molecular weight excluding hydrogens is 552 g/mol. The van der Waals surface area contributed by atoms with E-state index >= 15 is 0 Å². The minimum atomic E-state index is -0.150. The van der Waals surface area contributed by atoms with E-state index in [0.29, 0.717) is 24.0 Å². The van der Waals surface area contributed by atoms with Crippen LogP contribution in [0.4, 0.5) is 5.69 Å². The number of imidazole rings is 2. The van der Waals surface area contributed by atoms with E-state index in [-0.39, 0.29) is 5.56 Å². The molecule has 2 aliphatic rings. The summed E-state index contributed by atoms with van der Waals surface area (Å²) >= 11 is 0. The van der Waals surface area contributed by atoms with E-state index in [4.69, 9.17) is 14.7 Å². The van der Waals surface area contributed by atoms with Crippen molar-refractivity contribution in [2.75, 3.05) is 49.7 Å². The Morgan fingerprint density at radius 1 is 0.932 bits per heavy atom. The number of rotatable bonds is 6. The molecule has 0 saturated carbocycles. The number of morpholine rings is 1. The number of pyridine rings is 1. The second-order valence-electron chi connectivity index (χ2n) is 11.8. The highest BCUT2D eigenvalue weighted by molar-refractivity contribution is 5.87. The lowest BCUT2D eigenvalue weighted by molar-refractivity contribution is 0.122. The molecule has 44 heavy (non-hydrogen) atoms. The third kappa shape index (κ3) is 4.80. The number of anilines is 1. The number of aromatic nitrogens is 5. The van der Waals surface area contributed by atoms with Gasteiger partial charge in [0.2, 0.25) is 0 Å². The molecule has 0 bridgehead atoms. The minimum absolute atomic E-state index is 0.150. The van der Waals surface area contributed by atoms with E-state index in [0.717, 1.165) is 96.8 Å². The number of benzene rings is 3. The zero-order chi connectivity index (χ0) is 29.6. The molecule has 2 saturated heterocycles. The van der Waals surface area contributed by atoms with E-state index < -0.39 is 0 Å². The van der Waals surface area contributed by atoms with Crippen LogP contribution in [0.2, 0.25) is 0 Å². The maximum Gasteiger partial charge on any atom is 0.280 e. The van der Waals surface area contributed by atoms with Crippen molar-refractivity contribution in [2.24, 2.45) is 0 Å². The van der Waals surface area contributed by atoms with Gasteiger partial charge in [0, 0.05) is 30.2 Å². The van der Waals surface area contributed by atoms with Crippen molar-refractivity contribution >= 4 is 38.7 Å². The molecule has 6 aromatic rings. The van der Waals surface area contributed by atoms with Crippen LogP contribution in [-0.4, -0.2) is 63.6 Å². The van der Waals surface area contributed by atoms with Crippen molar-refractivity contribution in [3.63, 3.8) is 0 Å². The topological polar surface area (TPSA) is 105 Å². The van der Waals surface area contributed by atoms with Gasteiger partial charge in [-0.2, -0.15) is 0 Å². The van der Waals surface area contributed by atoms with Crippen molar-refractivity contribution in [3.8, 4) is 11.4 Å². The maximum atomic E-state index is 14.0. The number of aromatic amines is 1. The number of para-hydroxylation sites is 1. The summed E-state index contributed by atoms with van der Waals surface area (Å²) in [6, 6.07) is 23.0. The SMILES string of the molecule is Cc1nc2cc(CNn3c(=O)c(-c4nc5ccc(N6CCOCC6)cc5[nH]4)cc4ccccc43)ccc2n1C1CCNCC1. The van der Waals surface area contributed by atoms with Crippen LogP contribution in [-0.2, 0) is 11.3 Å². The molecule has 3 aromatic heterocycles. The highest BCUT2D eigenvalue weighted by atomic mass is 16.5. The number of hydrogen-bond donors (Lipinski definition) is 3. The molecule has 0 spiro atoms. The molecule has 0 unspecified atom stereocenters. The standard InChI is InChI=1S/C34H36N8O2/c1-22-37-30-18-23(6-9-32(30)41(22)25-10-12-35-13-11-25)21-36-42-31-5-3-2-4-24(31)19-27(34(42)43)33-38-28-8-7-26(20-29(28)39-33)40-14-16-44-17-15-40/h2-9,18-20,25,35-36H,10-17,21H2,1H3,(H,38,39). The summed E-state index contributed by atoms with van der Waals surface area (Å²) in [5.41, 5.74) is 10.7. The van der Waals surface area contributed by atoms with Crippen LogP contribution in [0.25, 0.3) is 44.4 Å². The van der Waals surface area contributed by atoms with Crippen molar-refractivity contribution in [2.45, 2.75) is 32.4 Å². The van der Waals surface area contributed by atoms with Gasteiger partial charge in [-0.25, -0.2) is 14.6 Å². The van der Waals surface area contributed by atoms with Crippen LogP contribution in [0.1, 0.15) is 30.3 Å². The average molecular weight is 589 g/mol. The number of nitrogens with one attached hydrogen (secondary N) is 3. The van der Waals surface area contributed by atoms with Gasteiger partial charge >= 0.3 is 0 Å². The van der Waals surface area contributed by atoms with E-state index in [9.17, 15) is 4.79 Å². The molecular formula is C34H36N8O2. The van der Waals surface area contributed by atoms with Gasteiger partial charge in [0.05, 0.1) is 52.9 Å². The summed E-state index contributed by atoms with van der Waals surface area (Å²) < 4.78 is 9.56. The number of ether oxygens (including phenoxy) is 1. The molecule has 2 aliphatic heterocycles. The fourth-order valence-corrected chi connectivity index (χ4v) is 6.80. The normalized spacial score (nSPS) is 16.3. The van der Waals surface area contributed by atoms with Gasteiger partial charge in [-0.15, -0.1) is 0 Å². The molecule has 0 atom stereocenters. The number of hydrogen-bond acceptors (Lipinski definition) is 7. The Morgan fingerprint density at radius 2 is 1.77 bits per heavy atom. The number of nitrogens with zero attached hydrogens (tertiary/aromatic N) is 5. The fraction of sp³-hybridized carbons (Fsp3) is 0.324. The first-order chi connectivity index (χ1) is 21.6. The average Bonchev–Trinajstić information content (AvgIpc) is 3.64. The first kappa shape index (κ1) is 26.9. The molecule has 0 amide bonds. The summed E-state index contributed by atoms with van der Waals surface area (Å²) in [5, 5.41) is 4.41. The van der Waals surface area contributed by atoms with Crippen molar-refractivity contribution in [1.82, 2.24) is 29.5 Å². The van der Waals surface area contributed by atoms with Crippen LogP contribution in [0.3, 0.4) is 0 Å². The lowest BCUT2D eigenvalue weighted by atomic mass is 10.1. The predicted molar refractivity (Wildman–Crippen MR) is 175 cm³/mol. The van der Waals surface area contributed by atoms with Gasteiger partial charge < -0.3 is 29.9 Å². The number of H-pyrrole nitrogens is 1. The second kappa shape index (κ2) is 11.1. The third-order valence-electron chi connectivity index (χ3n) is 9.05. The zero-order valence-corrected chi connectivity index (χ0v) is 24.8. The maximum absolute atomic E-state index is 14.0. The Morgan fingerprint density at radius 3 is 2.64 bits per heavy atom. The lowest BCUT2D eigenvalue weighted by Crippen LogP contribution is -2.36. The molecule has 224 valence electrons. The van der Waals surface area contributed by atoms with Crippen LogP contribution in [0.15, 0.2) is 71.5 Å². The largest absolute Gasteiger partial charge is 0.378 e. The summed E-state index contributed by atoms with van der Waals surface area (Å²) in [4.78, 5) is 29.5. The monoisotopic (exact) mass is 588 g/mol. The summed E-state index contributed by atoms with van der Waals surface area (Å²) in [6.07, 6.45) is 2.23. The van der Waals surface area contributed by atoms with Crippen LogP contribution < -0.4 is 21.2 Å². The quantitative estimate of drug-likeness (QED) is 0.259. The summed E-state index contributed by atoms with van der Waals surface area (Å²) in [6.45, 7) is 7.83. The van der Waals surface area contributed by atoms with Crippen LogP contribution in [0, 0.1) is 6.92 Å². The number of fused-ring (bicyclic) bond motifs is 3. The molecule has 8 rings (SSSR count). The first-order valence-electron chi connectivity index (χ1n) is 15.5. The van der Waals surface area contributed by atoms with Crippen molar-refractivity contribution in [3.05, 3.63) is 88.5 Å². The van der Waals surface area contributed by atoms with E-state index in [1.54, 1.807) is 4.68 Å². The fourth-order valence-electron chi connectivity index (χ4n) is 6.80. The van der Waals surface area contributed by atoms with Gasteiger partial charge in [-0.05, 0) is 80.9 Å². The number of piperidine rings is 1. The molecule has 0 radical (unpaired) electrons. The summed E-state index contributed by atoms with van der Waals surface area (Å²) in [5.74, 6) is 1.61. The van der Waals surface area contributed by atoms with Gasteiger partial charge in [-0.1, -0.05) is 24.3 Å². The first-order valence-corrected chi connectivity index (χ1v) is 15.5. The minimum Gasteiger partial charge on any atom is -0.378 e. The van der Waals surface area contributed by atoms with Crippen LogP contribution in [0.5, 0.6) is 0 Å². The Bertz CT molecular complexity index is 2050. The van der Waals surface area contributed by atoms with E-state index in [1.807, 2.05) is 36.4 Å². The summed E-state index contributed by atoms with van der Waals surface area (Å²) in [7, 11) is 0. The van der Waals surface area contributed by atoms with E-state index in [1.165, 1.54) is 5.52 Å². The second-order valence-corrected chi connectivity index (χ2v) is 11.8. The number of aryl methyl sites for hydroxylation is 1. The van der Waals surface area contributed by atoms with Gasteiger partial charge in [-0.3, -0.25) is 4.79 Å². The van der Waals surface area contributed by atoms with Gasteiger partial charge in [0.1, 0.15) is 11.6 Å². The molecule has 5 heterocycles. The molecule has 0 aliphatic carbocycles. The molecule has 3 aromatic carbocycles. The molecule has 10 heteroatoms. The molecule has 3 N–H and O–H groups in total. The third-order valence-corrected chi connectivity index (χ3v) is 9.05. The van der Waals surface area contributed by atoms with Gasteiger partial charge in [0.15, 0.2) is 0 Å². The predicted octanol–water partition coefficient (Wildman–Crippen LogP) is 4.71. The van der Waals surface area contributed by atoms with Crippen molar-refractivity contribution < 1.29 is 4.74 Å². The highest BCUT2D eigenvalue weighted by Gasteiger charge is 2.20. The van der Waals surface area contributed by atoms with Crippen LogP contribution >= 0.6 is 0 Å². The Balaban J connectivity index is 1.12.